The number of amides is 1. The van der Waals surface area contributed by atoms with Crippen LogP contribution >= 0.6 is 11.6 Å². The Bertz CT molecular complexity index is 1550. The Labute approximate surface area is 204 Å². The fourth-order valence-corrected chi connectivity index (χ4v) is 4.61. The Morgan fingerprint density at radius 2 is 2.11 bits per heavy atom. The number of fused-ring (bicyclic) bond motifs is 2. The van der Waals surface area contributed by atoms with Crippen molar-refractivity contribution in [3.05, 3.63) is 41.2 Å². The van der Waals surface area contributed by atoms with E-state index in [9.17, 15) is 14.3 Å². The van der Waals surface area contributed by atoms with Gasteiger partial charge in [0.25, 0.3) is 0 Å². The number of hydrogen-bond acceptors (Lipinski definition) is 5. The number of aromatic amines is 1. The number of carbonyl (C=O) groups is 1. The Morgan fingerprint density at radius 1 is 1.37 bits per heavy atom. The zero-order chi connectivity index (χ0) is 25.1. The molecule has 1 amide bonds. The van der Waals surface area contributed by atoms with E-state index in [1.54, 1.807) is 16.8 Å². The highest BCUT2D eigenvalue weighted by molar-refractivity contribution is 6.83. The van der Waals surface area contributed by atoms with E-state index in [1.807, 2.05) is 19.6 Å². The van der Waals surface area contributed by atoms with Gasteiger partial charge in [-0.15, -0.1) is 5.54 Å². The lowest BCUT2D eigenvalue weighted by Gasteiger charge is -2.14. The van der Waals surface area contributed by atoms with E-state index < -0.39 is 38.0 Å². The van der Waals surface area contributed by atoms with Crippen LogP contribution in [0.15, 0.2) is 24.8 Å². The summed E-state index contributed by atoms with van der Waals surface area (Å²) in [5.74, 6) is 1.10. The minimum atomic E-state index is -1.81. The first-order valence-electron chi connectivity index (χ1n) is 10.9. The highest BCUT2D eigenvalue weighted by Crippen LogP contribution is 2.40. The Balaban J connectivity index is 1.56. The minimum absolute atomic E-state index is 0.0723. The van der Waals surface area contributed by atoms with Crippen molar-refractivity contribution in [2.75, 3.05) is 5.32 Å². The number of aliphatic hydroxyl groups is 1. The van der Waals surface area contributed by atoms with Crippen LogP contribution in [0.4, 0.5) is 14.6 Å². The molecule has 3 N–H and O–H groups in total. The van der Waals surface area contributed by atoms with Gasteiger partial charge in [0, 0.05) is 17.1 Å². The van der Waals surface area contributed by atoms with Crippen molar-refractivity contribution < 1.29 is 18.7 Å². The summed E-state index contributed by atoms with van der Waals surface area (Å²) >= 11 is 6.46. The van der Waals surface area contributed by atoms with Crippen molar-refractivity contribution in [3.63, 3.8) is 0 Å². The van der Waals surface area contributed by atoms with Crippen LogP contribution in [0.25, 0.3) is 27.8 Å². The molecule has 5 rings (SSSR count). The predicted octanol–water partition coefficient (Wildman–Crippen LogP) is 4.28. The molecule has 1 aromatic carbocycles. The SMILES string of the molecule is C[Si](C)(C)C#C[C@@H](O)c1c(F)c(Cl)c(-c2cn3cc(NC(=O)[C@@H]4C[C@@H]4F)nc3cn2)c2cn[nH]c12. The molecule has 3 aromatic heterocycles. The van der Waals surface area contributed by atoms with Gasteiger partial charge >= 0.3 is 0 Å². The van der Waals surface area contributed by atoms with Gasteiger partial charge in [0.05, 0.1) is 46.3 Å². The number of anilines is 1. The van der Waals surface area contributed by atoms with E-state index in [1.165, 1.54) is 12.4 Å². The molecule has 1 aliphatic rings. The number of nitrogens with zero attached hydrogens (tertiary/aromatic N) is 4. The number of halogens is 3. The Kier molecular flexibility index (Phi) is 5.62. The molecule has 4 aromatic rings. The molecular formula is C23H21ClF2N6O2Si. The number of aromatic nitrogens is 5. The minimum Gasteiger partial charge on any atom is -0.376 e. The van der Waals surface area contributed by atoms with Gasteiger partial charge in [-0.1, -0.05) is 37.2 Å². The van der Waals surface area contributed by atoms with Crippen LogP contribution < -0.4 is 5.32 Å². The van der Waals surface area contributed by atoms with Crippen molar-refractivity contribution in [2.24, 2.45) is 5.92 Å². The number of alkyl halides is 1. The zero-order valence-electron chi connectivity index (χ0n) is 19.0. The fraction of sp³-hybridized carbons (Fsp3) is 0.304. The van der Waals surface area contributed by atoms with Gasteiger partial charge in [-0.05, 0) is 6.42 Å². The first-order chi connectivity index (χ1) is 16.5. The summed E-state index contributed by atoms with van der Waals surface area (Å²) in [6, 6.07) is 0. The largest absolute Gasteiger partial charge is 0.376 e. The summed E-state index contributed by atoms with van der Waals surface area (Å²) < 4.78 is 30.2. The summed E-state index contributed by atoms with van der Waals surface area (Å²) in [5.41, 5.74) is 4.26. The molecule has 35 heavy (non-hydrogen) atoms. The molecule has 0 radical (unpaired) electrons. The third-order valence-corrected chi connectivity index (χ3v) is 6.83. The van der Waals surface area contributed by atoms with Crippen molar-refractivity contribution in [1.82, 2.24) is 24.6 Å². The van der Waals surface area contributed by atoms with Crippen LogP contribution in [0.3, 0.4) is 0 Å². The highest BCUT2D eigenvalue weighted by atomic mass is 35.5. The number of imidazole rings is 1. The quantitative estimate of drug-likeness (QED) is 0.278. The third kappa shape index (κ3) is 4.40. The van der Waals surface area contributed by atoms with Crippen LogP contribution in [-0.2, 0) is 4.79 Å². The van der Waals surface area contributed by atoms with Crippen LogP contribution in [0.1, 0.15) is 18.1 Å². The molecule has 12 heteroatoms. The molecule has 180 valence electrons. The van der Waals surface area contributed by atoms with Gasteiger partial charge in [-0.25, -0.2) is 13.8 Å². The number of carbonyl (C=O) groups excluding carboxylic acids is 1. The van der Waals surface area contributed by atoms with Gasteiger partial charge < -0.3 is 14.8 Å². The molecule has 1 saturated carbocycles. The lowest BCUT2D eigenvalue weighted by molar-refractivity contribution is -0.117. The summed E-state index contributed by atoms with van der Waals surface area (Å²) in [6.45, 7) is 6.05. The molecule has 0 spiro atoms. The molecule has 1 aliphatic carbocycles. The molecule has 3 atom stereocenters. The number of rotatable bonds is 4. The maximum Gasteiger partial charge on any atom is 0.231 e. The van der Waals surface area contributed by atoms with Gasteiger partial charge in [0.1, 0.15) is 20.3 Å². The lowest BCUT2D eigenvalue weighted by Crippen LogP contribution is -2.17. The monoisotopic (exact) mass is 514 g/mol. The lowest BCUT2D eigenvalue weighted by atomic mass is 9.99. The van der Waals surface area contributed by atoms with Crippen molar-refractivity contribution in [2.45, 2.75) is 38.3 Å². The predicted molar refractivity (Wildman–Crippen MR) is 131 cm³/mol. The maximum absolute atomic E-state index is 15.5. The van der Waals surface area contributed by atoms with Crippen LogP contribution in [0.2, 0.25) is 24.7 Å². The summed E-state index contributed by atoms with van der Waals surface area (Å²) in [4.78, 5) is 20.7. The standard InChI is InChI=1S/C23H21ClF2N6O2Si/c1-35(2,3)5-4-15(33)19-21(26)20(24)18(12-7-28-31-22(12)19)14-9-32-10-16(29-17(32)8-27-14)30-23(34)11-6-13(11)25/h7-11,13,15,33H,6H2,1-3H3,(H,28,31)(H,30,34)/t11-,13+,15-/m1/s1. The number of nitrogens with one attached hydrogen (secondary N) is 2. The molecule has 0 aliphatic heterocycles. The molecule has 8 nitrogen and oxygen atoms in total. The average Bonchev–Trinajstić information content (AvgIpc) is 3.16. The smallest absolute Gasteiger partial charge is 0.231 e. The van der Waals surface area contributed by atoms with Gasteiger partial charge in [0.15, 0.2) is 17.3 Å². The summed E-state index contributed by atoms with van der Waals surface area (Å²) in [7, 11) is -1.81. The Morgan fingerprint density at radius 3 is 2.80 bits per heavy atom. The van der Waals surface area contributed by atoms with Gasteiger partial charge in [0.2, 0.25) is 5.91 Å². The topological polar surface area (TPSA) is 108 Å². The Hall–Kier alpha value is -3.33. The van der Waals surface area contributed by atoms with E-state index in [0.717, 1.165) is 0 Å². The molecule has 0 bridgehead atoms. The number of H-pyrrole nitrogens is 1. The van der Waals surface area contributed by atoms with Crippen molar-refractivity contribution >= 4 is 47.9 Å². The second-order valence-electron chi connectivity index (χ2n) is 9.51. The van der Waals surface area contributed by atoms with Crippen LogP contribution in [0.5, 0.6) is 0 Å². The van der Waals surface area contributed by atoms with Gasteiger partial charge in [-0.2, -0.15) is 5.10 Å². The molecule has 0 unspecified atom stereocenters. The van der Waals surface area contributed by atoms with E-state index >= 15 is 4.39 Å². The van der Waals surface area contributed by atoms with Crippen LogP contribution in [0, 0.1) is 23.2 Å². The second-order valence-corrected chi connectivity index (χ2v) is 14.6. The van der Waals surface area contributed by atoms with E-state index in [-0.39, 0.29) is 33.9 Å². The van der Waals surface area contributed by atoms with Crippen LogP contribution in [-0.4, -0.2) is 49.8 Å². The molecular weight excluding hydrogens is 494 g/mol. The number of hydrogen-bond donors (Lipinski definition) is 3. The molecule has 3 heterocycles. The van der Waals surface area contributed by atoms with E-state index in [0.29, 0.717) is 16.7 Å². The maximum atomic E-state index is 15.5. The highest BCUT2D eigenvalue weighted by Gasteiger charge is 2.43. The number of benzene rings is 1. The summed E-state index contributed by atoms with van der Waals surface area (Å²) in [6.07, 6.45) is 3.77. The van der Waals surface area contributed by atoms with E-state index in [4.69, 9.17) is 11.6 Å². The van der Waals surface area contributed by atoms with Crippen molar-refractivity contribution in [3.8, 4) is 22.7 Å². The first-order valence-corrected chi connectivity index (χ1v) is 14.8. The molecule has 1 fully saturated rings. The fourth-order valence-electron chi connectivity index (χ4n) is 3.74. The molecule has 0 saturated heterocycles. The zero-order valence-corrected chi connectivity index (χ0v) is 20.8. The average molecular weight is 515 g/mol. The van der Waals surface area contributed by atoms with Gasteiger partial charge in [-0.3, -0.25) is 14.9 Å². The third-order valence-electron chi connectivity index (χ3n) is 5.58. The number of aliphatic hydroxyl groups excluding tert-OH is 1. The second kappa shape index (κ2) is 8.41. The normalized spacial score (nSPS) is 18.4. The first kappa shape index (κ1) is 23.4. The van der Waals surface area contributed by atoms with E-state index in [2.05, 4.69) is 36.9 Å². The van der Waals surface area contributed by atoms with Crippen molar-refractivity contribution in [1.29, 1.82) is 0 Å². The summed E-state index contributed by atoms with van der Waals surface area (Å²) in [5, 5.41) is 20.2.